The third kappa shape index (κ3) is 9.16. The average Bonchev–Trinajstić information content (AvgIpc) is 2.88. The van der Waals surface area contributed by atoms with E-state index in [0.717, 1.165) is 25.8 Å². The van der Waals surface area contributed by atoms with Crippen LogP contribution in [0.15, 0.2) is 24.3 Å². The summed E-state index contributed by atoms with van der Waals surface area (Å²) >= 11 is 8.41. The zero-order valence-electron chi connectivity index (χ0n) is 20.2. The average molecular weight is 975 g/mol. The summed E-state index contributed by atoms with van der Waals surface area (Å²) in [4.78, 5) is 38.8. The number of carbonyl (C=O) groups excluding carboxylic acids is 3. The number of phenols is 1. The number of phenolic OH excluding ortho intramolecular Hbond substituents is 1. The molecule has 2 amide bonds. The molecule has 0 aliphatic carbocycles. The zero-order chi connectivity index (χ0) is 27.8. The molecule has 1 aliphatic rings. The molecule has 14 heteroatoms. The van der Waals surface area contributed by atoms with Gasteiger partial charge in [-0.1, -0.05) is 0 Å². The minimum absolute atomic E-state index is 0.174. The van der Waals surface area contributed by atoms with E-state index in [9.17, 15) is 19.5 Å². The quantitative estimate of drug-likeness (QED) is 0.245. The van der Waals surface area contributed by atoms with Gasteiger partial charge in [-0.2, -0.15) is 0 Å². The lowest BCUT2D eigenvalue weighted by Gasteiger charge is -2.27. The Kier molecular flexibility index (Phi) is 12.8. The van der Waals surface area contributed by atoms with Crippen LogP contribution in [-0.2, 0) is 30.3 Å². The van der Waals surface area contributed by atoms with Crippen molar-refractivity contribution in [1.82, 2.24) is 15.5 Å². The van der Waals surface area contributed by atoms with Crippen molar-refractivity contribution in [2.75, 3.05) is 46.5 Å². The van der Waals surface area contributed by atoms with Crippen molar-refractivity contribution >= 4 is 108 Å². The number of nitrogens with one attached hydrogen (secondary N) is 2. The number of amides is 2. The molecule has 206 valence electrons. The molecule has 3 rings (SSSR count). The van der Waals surface area contributed by atoms with Gasteiger partial charge in [-0.3, -0.25) is 9.59 Å². The van der Waals surface area contributed by atoms with Crippen LogP contribution in [0.4, 0.5) is 0 Å². The number of piperazine rings is 1. The van der Waals surface area contributed by atoms with E-state index in [4.69, 9.17) is 14.2 Å². The summed E-state index contributed by atoms with van der Waals surface area (Å²) in [6, 6.07) is 6.32. The molecule has 1 fully saturated rings. The SMILES string of the molecule is COC(=O)[C@H](Cc1cc(I)c(Oc2cc(I)c(O)c(I)c2)c(I)c1)NC(=O)COCC(=O)N1CCNCC1. The number of carbonyl (C=O) groups is 3. The number of esters is 1. The molecule has 0 saturated carbocycles. The molecule has 2 aromatic carbocycles. The molecule has 0 radical (unpaired) electrons. The highest BCUT2D eigenvalue weighted by atomic mass is 127. The van der Waals surface area contributed by atoms with Crippen LogP contribution in [-0.4, -0.2) is 80.3 Å². The van der Waals surface area contributed by atoms with Crippen LogP contribution in [0.25, 0.3) is 0 Å². The first-order valence-corrected chi connectivity index (χ1v) is 15.7. The number of rotatable bonds is 10. The van der Waals surface area contributed by atoms with Crippen molar-refractivity contribution in [3.8, 4) is 17.2 Å². The Bertz CT molecular complexity index is 1150. The first kappa shape index (κ1) is 31.8. The number of ether oxygens (including phenoxy) is 3. The Morgan fingerprint density at radius 1 is 1.00 bits per heavy atom. The highest BCUT2D eigenvalue weighted by molar-refractivity contribution is 14.1. The summed E-state index contributed by atoms with van der Waals surface area (Å²) in [6.07, 6.45) is 0.194. The molecule has 2 aromatic rings. The highest BCUT2D eigenvalue weighted by Crippen LogP contribution is 2.37. The van der Waals surface area contributed by atoms with Crippen molar-refractivity contribution in [3.05, 3.63) is 44.1 Å². The van der Waals surface area contributed by atoms with Crippen molar-refractivity contribution in [1.29, 1.82) is 0 Å². The topological polar surface area (TPSA) is 126 Å². The first-order chi connectivity index (χ1) is 18.1. The molecule has 0 bridgehead atoms. The Morgan fingerprint density at radius 2 is 1.61 bits per heavy atom. The lowest BCUT2D eigenvalue weighted by molar-refractivity contribution is -0.146. The fourth-order valence-electron chi connectivity index (χ4n) is 3.59. The fraction of sp³-hybridized carbons (Fsp3) is 0.375. The summed E-state index contributed by atoms with van der Waals surface area (Å²) in [7, 11) is 1.26. The van der Waals surface area contributed by atoms with Gasteiger partial charge in [-0.05, 0) is 120 Å². The lowest BCUT2D eigenvalue weighted by Crippen LogP contribution is -2.48. The summed E-state index contributed by atoms with van der Waals surface area (Å²) in [6.45, 7) is 2.12. The van der Waals surface area contributed by atoms with Gasteiger partial charge in [0.2, 0.25) is 11.8 Å². The number of hydrogen-bond donors (Lipinski definition) is 3. The van der Waals surface area contributed by atoms with Gasteiger partial charge >= 0.3 is 5.97 Å². The zero-order valence-corrected chi connectivity index (χ0v) is 28.8. The number of halogens is 4. The summed E-state index contributed by atoms with van der Waals surface area (Å²) in [5.41, 5.74) is 0.798. The van der Waals surface area contributed by atoms with Gasteiger partial charge in [0.25, 0.3) is 0 Å². The first-order valence-electron chi connectivity index (χ1n) is 11.4. The molecule has 0 spiro atoms. The number of methoxy groups -OCH3 is 1. The van der Waals surface area contributed by atoms with Crippen LogP contribution < -0.4 is 15.4 Å². The number of benzene rings is 2. The number of nitrogens with zero attached hydrogens (tertiary/aromatic N) is 1. The summed E-state index contributed by atoms with van der Waals surface area (Å²) in [5.74, 6) is 0.171. The minimum atomic E-state index is -0.932. The number of aromatic hydroxyl groups is 1. The van der Waals surface area contributed by atoms with Crippen LogP contribution in [0.2, 0.25) is 0 Å². The maximum Gasteiger partial charge on any atom is 0.328 e. The second kappa shape index (κ2) is 15.3. The van der Waals surface area contributed by atoms with E-state index >= 15 is 0 Å². The number of hydrogen-bond acceptors (Lipinski definition) is 8. The molecule has 10 nitrogen and oxygen atoms in total. The van der Waals surface area contributed by atoms with Crippen molar-refractivity contribution < 1.29 is 33.7 Å². The molecule has 0 unspecified atom stereocenters. The summed E-state index contributed by atoms with van der Waals surface area (Å²) < 4.78 is 19.3. The molecular formula is C24H25I4N3O7. The van der Waals surface area contributed by atoms with E-state index in [1.165, 1.54) is 7.11 Å². The molecule has 38 heavy (non-hydrogen) atoms. The Morgan fingerprint density at radius 3 is 2.18 bits per heavy atom. The van der Waals surface area contributed by atoms with E-state index in [-0.39, 0.29) is 31.3 Å². The lowest BCUT2D eigenvalue weighted by atomic mass is 10.1. The largest absolute Gasteiger partial charge is 0.506 e. The van der Waals surface area contributed by atoms with E-state index < -0.39 is 17.9 Å². The van der Waals surface area contributed by atoms with E-state index in [2.05, 4.69) is 55.8 Å². The van der Waals surface area contributed by atoms with Crippen LogP contribution in [0.3, 0.4) is 0 Å². The highest BCUT2D eigenvalue weighted by Gasteiger charge is 2.24. The fourth-order valence-corrected chi connectivity index (χ4v) is 7.42. The maximum atomic E-state index is 12.5. The predicted molar refractivity (Wildman–Crippen MR) is 173 cm³/mol. The van der Waals surface area contributed by atoms with Crippen LogP contribution in [0, 0.1) is 14.3 Å². The Hall–Kier alpha value is -0.710. The van der Waals surface area contributed by atoms with Gasteiger partial charge in [0.05, 0.1) is 21.4 Å². The van der Waals surface area contributed by atoms with Crippen molar-refractivity contribution in [2.24, 2.45) is 0 Å². The molecule has 1 saturated heterocycles. The molecule has 3 N–H and O–H groups in total. The van der Waals surface area contributed by atoms with E-state index in [1.54, 1.807) is 17.0 Å². The Balaban J connectivity index is 1.62. The van der Waals surface area contributed by atoms with Gasteiger partial charge in [0, 0.05) is 32.6 Å². The second-order valence-electron chi connectivity index (χ2n) is 8.20. The summed E-state index contributed by atoms with van der Waals surface area (Å²) in [5, 5.41) is 15.8. The van der Waals surface area contributed by atoms with Gasteiger partial charge < -0.3 is 34.9 Å². The maximum absolute atomic E-state index is 12.5. The molecule has 1 heterocycles. The van der Waals surface area contributed by atoms with Gasteiger partial charge in [-0.15, -0.1) is 0 Å². The van der Waals surface area contributed by atoms with Crippen LogP contribution in [0.5, 0.6) is 17.2 Å². The van der Waals surface area contributed by atoms with Crippen molar-refractivity contribution in [2.45, 2.75) is 12.5 Å². The third-order valence-corrected chi connectivity index (χ3v) is 8.70. The normalized spacial score (nSPS) is 14.1. The van der Waals surface area contributed by atoms with Crippen LogP contribution in [0.1, 0.15) is 5.56 Å². The van der Waals surface area contributed by atoms with Gasteiger partial charge in [0.15, 0.2) is 5.75 Å². The monoisotopic (exact) mass is 975 g/mol. The van der Waals surface area contributed by atoms with Crippen LogP contribution >= 0.6 is 90.4 Å². The molecular weight excluding hydrogens is 950 g/mol. The standard InChI is InChI=1S/C24H25I4N3O7/c1-36-24(35)19(30-20(32)11-37-12-21(33)31-4-2-29-3-5-31)8-13-6-17(27)23(18(28)7-13)38-14-9-15(25)22(34)16(26)10-14/h6-7,9-10,19,29,34H,2-5,8,11-12H2,1H3,(H,30,32)/t19-/m0/s1. The molecule has 1 aliphatic heterocycles. The molecule has 1 atom stereocenters. The van der Waals surface area contributed by atoms with Crippen molar-refractivity contribution in [3.63, 3.8) is 0 Å². The van der Waals surface area contributed by atoms with E-state index in [1.807, 2.05) is 57.3 Å². The van der Waals surface area contributed by atoms with Gasteiger partial charge in [0.1, 0.15) is 30.8 Å². The van der Waals surface area contributed by atoms with E-state index in [0.29, 0.717) is 31.7 Å². The molecule has 0 aromatic heterocycles. The second-order valence-corrected chi connectivity index (χ2v) is 12.8. The van der Waals surface area contributed by atoms with Gasteiger partial charge in [-0.25, -0.2) is 4.79 Å². The predicted octanol–water partition coefficient (Wildman–Crippen LogP) is 3.25. The third-order valence-electron chi connectivity index (χ3n) is 5.46. The smallest absolute Gasteiger partial charge is 0.328 e. The minimum Gasteiger partial charge on any atom is -0.506 e. The Labute approximate surface area is 274 Å².